The first-order chi connectivity index (χ1) is 5.93. The molecular formula is C11H23NO. The van der Waals surface area contributed by atoms with Crippen LogP contribution in [0, 0.1) is 11.8 Å². The highest BCUT2D eigenvalue weighted by atomic mass is 16.1. The highest BCUT2D eigenvalue weighted by Gasteiger charge is 2.15. The zero-order valence-corrected chi connectivity index (χ0v) is 9.63. The van der Waals surface area contributed by atoms with E-state index >= 15 is 0 Å². The number of carbonyl (C=O) groups excluding carboxylic acids is 1. The van der Waals surface area contributed by atoms with Gasteiger partial charge >= 0.3 is 0 Å². The molecule has 0 bridgehead atoms. The van der Waals surface area contributed by atoms with E-state index in [1.54, 1.807) is 6.92 Å². The van der Waals surface area contributed by atoms with E-state index in [0.29, 0.717) is 17.6 Å². The van der Waals surface area contributed by atoms with Crippen LogP contribution < -0.4 is 0 Å². The van der Waals surface area contributed by atoms with Gasteiger partial charge in [0.1, 0.15) is 5.78 Å². The summed E-state index contributed by atoms with van der Waals surface area (Å²) in [6, 6.07) is 0. The van der Waals surface area contributed by atoms with Gasteiger partial charge in [-0.05, 0) is 45.8 Å². The fourth-order valence-corrected chi connectivity index (χ4v) is 1.46. The number of carbonyl (C=O) groups is 1. The lowest BCUT2D eigenvalue weighted by Crippen LogP contribution is -2.21. The minimum atomic E-state index is 0.317. The average Bonchev–Trinajstić information content (AvgIpc) is 1.96. The summed E-state index contributed by atoms with van der Waals surface area (Å²) in [5.41, 5.74) is 0. The van der Waals surface area contributed by atoms with Crippen molar-refractivity contribution in [2.75, 3.05) is 20.6 Å². The van der Waals surface area contributed by atoms with E-state index in [4.69, 9.17) is 0 Å². The Bertz CT molecular complexity index is 152. The molecular weight excluding hydrogens is 162 g/mol. The van der Waals surface area contributed by atoms with E-state index in [2.05, 4.69) is 32.8 Å². The van der Waals surface area contributed by atoms with Crippen LogP contribution in [-0.2, 0) is 4.79 Å². The third kappa shape index (κ3) is 6.76. The fraction of sp³-hybridized carbons (Fsp3) is 0.909. The zero-order valence-electron chi connectivity index (χ0n) is 9.63. The van der Waals surface area contributed by atoms with E-state index < -0.39 is 0 Å². The molecule has 1 unspecified atom stereocenters. The van der Waals surface area contributed by atoms with E-state index in [1.807, 2.05) is 0 Å². The monoisotopic (exact) mass is 185 g/mol. The average molecular weight is 185 g/mol. The van der Waals surface area contributed by atoms with E-state index in [-0.39, 0.29) is 0 Å². The molecule has 0 aromatic rings. The van der Waals surface area contributed by atoms with E-state index in [1.165, 1.54) is 0 Å². The Morgan fingerprint density at radius 3 is 2.15 bits per heavy atom. The summed E-state index contributed by atoms with van der Waals surface area (Å²) in [7, 11) is 4.15. The van der Waals surface area contributed by atoms with Crippen molar-refractivity contribution in [3.63, 3.8) is 0 Å². The predicted molar refractivity (Wildman–Crippen MR) is 56.8 cm³/mol. The summed E-state index contributed by atoms with van der Waals surface area (Å²) in [6.45, 7) is 7.16. The SMILES string of the molecule is CC(=O)CC(CCN(C)C)C(C)C. The van der Waals surface area contributed by atoms with Gasteiger partial charge in [0.2, 0.25) is 0 Å². The Morgan fingerprint density at radius 2 is 1.85 bits per heavy atom. The summed E-state index contributed by atoms with van der Waals surface area (Å²) in [6.07, 6.45) is 1.87. The summed E-state index contributed by atoms with van der Waals surface area (Å²) in [5.74, 6) is 1.49. The van der Waals surface area contributed by atoms with Crippen LogP contribution in [0.5, 0.6) is 0 Å². The standard InChI is InChI=1S/C11H23NO/c1-9(2)11(8-10(3)13)6-7-12(4)5/h9,11H,6-8H2,1-5H3. The second-order valence-electron chi connectivity index (χ2n) is 4.50. The Morgan fingerprint density at radius 1 is 1.31 bits per heavy atom. The molecule has 78 valence electrons. The van der Waals surface area contributed by atoms with Gasteiger partial charge in [-0.2, -0.15) is 0 Å². The third-order valence-electron chi connectivity index (χ3n) is 2.44. The molecule has 0 aliphatic heterocycles. The van der Waals surface area contributed by atoms with Gasteiger partial charge in [-0.3, -0.25) is 0 Å². The second kappa shape index (κ2) is 6.14. The Balaban J connectivity index is 3.88. The van der Waals surface area contributed by atoms with Crippen LogP contribution in [0.1, 0.15) is 33.6 Å². The number of hydrogen-bond acceptors (Lipinski definition) is 2. The maximum absolute atomic E-state index is 11.0. The second-order valence-corrected chi connectivity index (χ2v) is 4.50. The maximum Gasteiger partial charge on any atom is 0.130 e. The van der Waals surface area contributed by atoms with Gasteiger partial charge in [0.05, 0.1) is 0 Å². The van der Waals surface area contributed by atoms with E-state index in [9.17, 15) is 4.79 Å². The van der Waals surface area contributed by atoms with Crippen molar-refractivity contribution < 1.29 is 4.79 Å². The third-order valence-corrected chi connectivity index (χ3v) is 2.44. The molecule has 2 heteroatoms. The summed E-state index contributed by atoms with van der Waals surface area (Å²) >= 11 is 0. The number of ketones is 1. The molecule has 0 aliphatic carbocycles. The maximum atomic E-state index is 11.0. The Labute approximate surface area is 82.3 Å². The molecule has 0 aliphatic rings. The number of nitrogens with zero attached hydrogens (tertiary/aromatic N) is 1. The van der Waals surface area contributed by atoms with Crippen molar-refractivity contribution in [3.8, 4) is 0 Å². The Hall–Kier alpha value is -0.370. The number of hydrogen-bond donors (Lipinski definition) is 0. The van der Waals surface area contributed by atoms with Crippen LogP contribution in [0.3, 0.4) is 0 Å². The summed E-state index contributed by atoms with van der Waals surface area (Å²) in [4.78, 5) is 13.2. The van der Waals surface area contributed by atoms with Crippen molar-refractivity contribution in [2.45, 2.75) is 33.6 Å². The van der Waals surface area contributed by atoms with Gasteiger partial charge in [0.25, 0.3) is 0 Å². The smallest absolute Gasteiger partial charge is 0.130 e. The van der Waals surface area contributed by atoms with Crippen LogP contribution >= 0.6 is 0 Å². The van der Waals surface area contributed by atoms with Gasteiger partial charge in [0.15, 0.2) is 0 Å². The lowest BCUT2D eigenvalue weighted by Gasteiger charge is -2.21. The highest BCUT2D eigenvalue weighted by molar-refractivity contribution is 5.75. The molecule has 0 rings (SSSR count). The highest BCUT2D eigenvalue weighted by Crippen LogP contribution is 2.19. The topological polar surface area (TPSA) is 20.3 Å². The first-order valence-electron chi connectivity index (χ1n) is 5.07. The van der Waals surface area contributed by atoms with Crippen molar-refractivity contribution >= 4 is 5.78 Å². The first-order valence-corrected chi connectivity index (χ1v) is 5.07. The van der Waals surface area contributed by atoms with Gasteiger partial charge in [-0.25, -0.2) is 0 Å². The summed E-state index contributed by atoms with van der Waals surface area (Å²) in [5, 5.41) is 0. The molecule has 0 saturated heterocycles. The minimum Gasteiger partial charge on any atom is -0.309 e. The van der Waals surface area contributed by atoms with Crippen molar-refractivity contribution in [3.05, 3.63) is 0 Å². The van der Waals surface area contributed by atoms with Gasteiger partial charge in [-0.1, -0.05) is 13.8 Å². The molecule has 0 radical (unpaired) electrons. The first kappa shape index (κ1) is 12.6. The zero-order chi connectivity index (χ0) is 10.4. The molecule has 0 N–H and O–H groups in total. The molecule has 1 atom stereocenters. The quantitative estimate of drug-likeness (QED) is 0.632. The lowest BCUT2D eigenvalue weighted by atomic mass is 9.88. The molecule has 0 heterocycles. The molecule has 0 spiro atoms. The van der Waals surface area contributed by atoms with Gasteiger partial charge in [-0.15, -0.1) is 0 Å². The molecule has 2 nitrogen and oxygen atoms in total. The lowest BCUT2D eigenvalue weighted by molar-refractivity contribution is -0.118. The van der Waals surface area contributed by atoms with Crippen LogP contribution in [0.25, 0.3) is 0 Å². The minimum absolute atomic E-state index is 0.317. The molecule has 0 aromatic carbocycles. The molecule has 0 fully saturated rings. The van der Waals surface area contributed by atoms with Crippen LogP contribution in [-0.4, -0.2) is 31.3 Å². The van der Waals surface area contributed by atoms with Crippen molar-refractivity contribution in [1.82, 2.24) is 4.90 Å². The van der Waals surface area contributed by atoms with Crippen molar-refractivity contribution in [2.24, 2.45) is 11.8 Å². The van der Waals surface area contributed by atoms with Crippen LogP contribution in [0.4, 0.5) is 0 Å². The Kier molecular flexibility index (Phi) is 5.97. The number of Topliss-reactive ketones (excluding diaryl/α,β-unsaturated/α-hetero) is 1. The molecule has 0 aromatic heterocycles. The predicted octanol–water partition coefficient (Wildman–Crippen LogP) is 2.19. The molecule has 0 amide bonds. The van der Waals surface area contributed by atoms with Crippen LogP contribution in [0.2, 0.25) is 0 Å². The normalized spacial score (nSPS) is 13.8. The molecule has 0 saturated carbocycles. The summed E-state index contributed by atoms with van der Waals surface area (Å²) < 4.78 is 0. The fourth-order valence-electron chi connectivity index (χ4n) is 1.46. The largest absolute Gasteiger partial charge is 0.309 e. The van der Waals surface area contributed by atoms with Crippen molar-refractivity contribution in [1.29, 1.82) is 0 Å². The van der Waals surface area contributed by atoms with Gasteiger partial charge in [0, 0.05) is 6.42 Å². The van der Waals surface area contributed by atoms with Crippen LogP contribution in [0.15, 0.2) is 0 Å². The van der Waals surface area contributed by atoms with Gasteiger partial charge < -0.3 is 9.69 Å². The molecule has 13 heavy (non-hydrogen) atoms. The number of rotatable bonds is 6. The van der Waals surface area contributed by atoms with E-state index in [0.717, 1.165) is 19.4 Å².